The van der Waals surface area contributed by atoms with Crippen molar-refractivity contribution in [1.29, 1.82) is 0 Å². The zero-order valence-corrected chi connectivity index (χ0v) is 17.1. The molecule has 2 atom stereocenters. The van der Waals surface area contributed by atoms with E-state index in [0.717, 1.165) is 29.7 Å². The molecule has 1 aromatic heterocycles. The molecule has 3 aromatic rings. The van der Waals surface area contributed by atoms with Crippen molar-refractivity contribution in [2.45, 2.75) is 24.9 Å². The number of carbonyl (C=O) groups excluding carboxylic acids is 1. The van der Waals surface area contributed by atoms with Gasteiger partial charge in [0.2, 0.25) is 0 Å². The van der Waals surface area contributed by atoms with Crippen LogP contribution in [0.15, 0.2) is 60.9 Å². The molecule has 2 unspecified atom stereocenters. The summed E-state index contributed by atoms with van der Waals surface area (Å²) in [6.45, 7) is 0.680. The number of methoxy groups -OCH3 is 1. The predicted molar refractivity (Wildman–Crippen MR) is 112 cm³/mol. The van der Waals surface area contributed by atoms with Crippen LogP contribution in [0.1, 0.15) is 41.9 Å². The Morgan fingerprint density at radius 3 is 2.57 bits per heavy atom. The fourth-order valence-corrected chi connectivity index (χ4v) is 4.00. The summed E-state index contributed by atoms with van der Waals surface area (Å²) >= 11 is 0. The maximum Gasteiger partial charge on any atom is 0.318 e. The van der Waals surface area contributed by atoms with Gasteiger partial charge in [0.05, 0.1) is 13.2 Å². The van der Waals surface area contributed by atoms with Gasteiger partial charge in [0.25, 0.3) is 0 Å². The van der Waals surface area contributed by atoms with E-state index < -0.39 is 6.04 Å². The fourth-order valence-electron chi connectivity index (χ4n) is 4.00. The minimum absolute atomic E-state index is 0.00569. The highest BCUT2D eigenvalue weighted by molar-refractivity contribution is 5.76. The van der Waals surface area contributed by atoms with Gasteiger partial charge < -0.3 is 19.5 Å². The first-order chi connectivity index (χ1) is 14.6. The van der Waals surface area contributed by atoms with Gasteiger partial charge in [-0.1, -0.05) is 24.3 Å². The smallest absolute Gasteiger partial charge is 0.318 e. The van der Waals surface area contributed by atoms with Gasteiger partial charge in [0, 0.05) is 26.0 Å². The number of hydrogen-bond donors (Lipinski definition) is 1. The van der Waals surface area contributed by atoms with Crippen molar-refractivity contribution in [2.24, 2.45) is 7.05 Å². The number of rotatable bonds is 5. The molecular weight excluding hydrogens is 383 g/mol. The number of likely N-dealkylation sites (tertiary alicyclic amines) is 1. The molecule has 1 N–H and O–H groups in total. The molecule has 0 aliphatic carbocycles. The minimum Gasteiger partial charge on any atom is -0.497 e. The third-order valence-corrected chi connectivity index (χ3v) is 5.60. The molecule has 7 heteroatoms. The molecule has 30 heavy (non-hydrogen) atoms. The Labute approximate surface area is 175 Å². The van der Waals surface area contributed by atoms with Crippen LogP contribution in [0.5, 0.6) is 5.75 Å². The van der Waals surface area contributed by atoms with Crippen LogP contribution in [0, 0.1) is 5.82 Å². The number of benzene rings is 2. The third kappa shape index (κ3) is 4.01. The topological polar surface area (TPSA) is 59.4 Å². The van der Waals surface area contributed by atoms with Crippen LogP contribution in [0.3, 0.4) is 0 Å². The summed E-state index contributed by atoms with van der Waals surface area (Å²) in [4.78, 5) is 19.6. The number of carbonyl (C=O) groups is 1. The zero-order chi connectivity index (χ0) is 21.1. The lowest BCUT2D eigenvalue weighted by molar-refractivity contribution is 0.190. The average molecular weight is 408 g/mol. The SMILES string of the molecule is COc1ccc(C2CCCN2C(=O)NC(c2ccc(F)cc2)c2nccn2C)cc1. The molecule has 2 heterocycles. The van der Waals surface area contributed by atoms with Gasteiger partial charge in [0.1, 0.15) is 23.4 Å². The van der Waals surface area contributed by atoms with Crippen LogP contribution >= 0.6 is 0 Å². The standard InChI is InChI=1S/C23H25FN4O2/c1-27-15-13-25-22(27)21(17-5-9-18(24)10-6-17)26-23(29)28-14-3-4-20(28)16-7-11-19(30-2)12-8-16/h5-13,15,20-21H,3-4,14H2,1-2H3,(H,26,29). The van der Waals surface area contributed by atoms with Crippen molar-refractivity contribution >= 4 is 6.03 Å². The Bertz CT molecular complexity index is 1000. The molecule has 1 aliphatic rings. The lowest BCUT2D eigenvalue weighted by Gasteiger charge is -2.28. The third-order valence-electron chi connectivity index (χ3n) is 5.60. The number of aromatic nitrogens is 2. The minimum atomic E-state index is -0.477. The fraction of sp³-hybridized carbons (Fsp3) is 0.304. The molecule has 1 fully saturated rings. The summed E-state index contributed by atoms with van der Waals surface area (Å²) in [7, 11) is 3.51. The van der Waals surface area contributed by atoms with E-state index in [1.165, 1.54) is 12.1 Å². The van der Waals surface area contributed by atoms with Crippen molar-refractivity contribution in [3.63, 3.8) is 0 Å². The van der Waals surface area contributed by atoms with Crippen LogP contribution in [0.25, 0.3) is 0 Å². The van der Waals surface area contributed by atoms with Gasteiger partial charge in [-0.3, -0.25) is 0 Å². The number of hydrogen-bond acceptors (Lipinski definition) is 3. The van der Waals surface area contributed by atoms with Crippen molar-refractivity contribution in [3.05, 3.63) is 83.7 Å². The summed E-state index contributed by atoms with van der Waals surface area (Å²) in [5, 5.41) is 3.12. The number of imidazole rings is 1. The van der Waals surface area contributed by atoms with Crippen molar-refractivity contribution in [1.82, 2.24) is 19.8 Å². The van der Waals surface area contributed by atoms with Crippen molar-refractivity contribution in [2.75, 3.05) is 13.7 Å². The maximum atomic E-state index is 13.4. The second-order valence-electron chi connectivity index (χ2n) is 7.45. The van der Waals surface area contributed by atoms with E-state index in [2.05, 4.69) is 10.3 Å². The molecule has 0 radical (unpaired) electrons. The summed E-state index contributed by atoms with van der Waals surface area (Å²) < 4.78 is 20.5. The van der Waals surface area contributed by atoms with Gasteiger partial charge in [-0.05, 0) is 48.2 Å². The number of nitrogens with one attached hydrogen (secondary N) is 1. The number of halogens is 1. The lowest BCUT2D eigenvalue weighted by atomic mass is 10.0. The quantitative estimate of drug-likeness (QED) is 0.688. The highest BCUT2D eigenvalue weighted by Crippen LogP contribution is 2.33. The highest BCUT2D eigenvalue weighted by Gasteiger charge is 2.32. The molecule has 1 aliphatic heterocycles. The summed E-state index contributed by atoms with van der Waals surface area (Å²) in [6.07, 6.45) is 5.36. The lowest BCUT2D eigenvalue weighted by Crippen LogP contribution is -2.42. The molecule has 156 valence electrons. The predicted octanol–water partition coefficient (Wildman–Crippen LogP) is 4.20. The Hall–Kier alpha value is -3.35. The molecule has 1 saturated heterocycles. The number of ether oxygens (including phenoxy) is 1. The molecule has 0 spiro atoms. The second kappa shape index (κ2) is 8.57. The van der Waals surface area contributed by atoms with Gasteiger partial charge in [-0.2, -0.15) is 0 Å². The largest absolute Gasteiger partial charge is 0.497 e. The number of nitrogens with zero attached hydrogens (tertiary/aromatic N) is 3. The first kappa shape index (κ1) is 19.9. The van der Waals surface area contributed by atoms with Crippen LogP contribution in [-0.4, -0.2) is 34.1 Å². The number of amides is 2. The molecule has 0 saturated carbocycles. The molecule has 4 rings (SSSR count). The number of aryl methyl sites for hydroxylation is 1. The number of urea groups is 1. The monoisotopic (exact) mass is 408 g/mol. The highest BCUT2D eigenvalue weighted by atomic mass is 19.1. The Kier molecular flexibility index (Phi) is 5.70. The van der Waals surface area contributed by atoms with E-state index in [0.29, 0.717) is 12.4 Å². The summed E-state index contributed by atoms with van der Waals surface area (Å²) in [5.74, 6) is 1.16. The second-order valence-corrected chi connectivity index (χ2v) is 7.45. The maximum absolute atomic E-state index is 13.4. The van der Waals surface area contributed by atoms with Gasteiger partial charge in [-0.15, -0.1) is 0 Å². The Morgan fingerprint density at radius 2 is 1.93 bits per heavy atom. The average Bonchev–Trinajstić information content (AvgIpc) is 3.42. The molecular formula is C23H25FN4O2. The van der Waals surface area contributed by atoms with Crippen LogP contribution in [-0.2, 0) is 7.05 Å². The van der Waals surface area contributed by atoms with Crippen LogP contribution in [0.4, 0.5) is 9.18 Å². The Morgan fingerprint density at radius 1 is 1.20 bits per heavy atom. The van der Waals surface area contributed by atoms with E-state index in [1.54, 1.807) is 25.4 Å². The molecule has 2 aromatic carbocycles. The molecule has 0 bridgehead atoms. The first-order valence-electron chi connectivity index (χ1n) is 10.0. The van der Waals surface area contributed by atoms with Gasteiger partial charge in [0.15, 0.2) is 0 Å². The Balaban J connectivity index is 1.58. The van der Waals surface area contributed by atoms with Crippen LogP contribution in [0.2, 0.25) is 0 Å². The zero-order valence-electron chi connectivity index (χ0n) is 17.1. The van der Waals surface area contributed by atoms with E-state index in [9.17, 15) is 9.18 Å². The van der Waals surface area contributed by atoms with E-state index in [1.807, 2.05) is 47.0 Å². The van der Waals surface area contributed by atoms with Crippen molar-refractivity contribution < 1.29 is 13.9 Å². The van der Waals surface area contributed by atoms with Crippen molar-refractivity contribution in [3.8, 4) is 5.75 Å². The van der Waals surface area contributed by atoms with Crippen LogP contribution < -0.4 is 10.1 Å². The van der Waals surface area contributed by atoms with E-state index in [-0.39, 0.29) is 17.9 Å². The normalized spacial score (nSPS) is 17.0. The summed E-state index contributed by atoms with van der Waals surface area (Å²) in [6, 6.07) is 13.4. The first-order valence-corrected chi connectivity index (χ1v) is 10.0. The van der Waals surface area contributed by atoms with E-state index >= 15 is 0 Å². The van der Waals surface area contributed by atoms with Gasteiger partial charge in [-0.25, -0.2) is 14.2 Å². The molecule has 2 amide bonds. The summed E-state index contributed by atoms with van der Waals surface area (Å²) in [5.41, 5.74) is 1.86. The molecule has 6 nitrogen and oxygen atoms in total. The van der Waals surface area contributed by atoms with E-state index in [4.69, 9.17) is 4.74 Å². The van der Waals surface area contributed by atoms with Gasteiger partial charge >= 0.3 is 6.03 Å².